The van der Waals surface area contributed by atoms with Crippen LogP contribution in [0.25, 0.3) is 22.3 Å². The summed E-state index contributed by atoms with van der Waals surface area (Å²) in [5, 5.41) is 15.0. The van der Waals surface area contributed by atoms with Gasteiger partial charge in [-0.1, -0.05) is 12.1 Å². The van der Waals surface area contributed by atoms with Crippen LogP contribution < -0.4 is 0 Å². The predicted molar refractivity (Wildman–Crippen MR) is 134 cm³/mol. The molecule has 36 heavy (non-hydrogen) atoms. The van der Waals surface area contributed by atoms with Gasteiger partial charge in [0.15, 0.2) is 0 Å². The van der Waals surface area contributed by atoms with Gasteiger partial charge in [-0.25, -0.2) is 4.98 Å². The third-order valence-corrected chi connectivity index (χ3v) is 6.58. The minimum atomic E-state index is -0.250. The number of nitrogens with zero attached hydrogens (tertiary/aromatic N) is 5. The SMILES string of the molecule is CN(C)C(=O)C[C@H]1CN2C[C@H](n3ccnc3-c3ccc4ccn(C)c4c3)C[C@H]2CO1.O=CO.O=CO. The number of hydrogen-bond acceptors (Lipinski definition) is 6. The minimum absolute atomic E-state index is 0.0168. The van der Waals surface area contributed by atoms with E-state index in [1.165, 1.54) is 10.9 Å². The van der Waals surface area contributed by atoms with Crippen LogP contribution >= 0.6 is 0 Å². The molecule has 194 valence electrons. The number of aromatic nitrogens is 3. The maximum Gasteiger partial charge on any atom is 0.290 e. The molecule has 0 saturated carbocycles. The number of hydrogen-bond donors (Lipinski definition) is 2. The van der Waals surface area contributed by atoms with Gasteiger partial charge in [0.2, 0.25) is 5.91 Å². The lowest BCUT2D eigenvalue weighted by Gasteiger charge is -2.35. The van der Waals surface area contributed by atoms with E-state index in [9.17, 15) is 4.79 Å². The highest BCUT2D eigenvalue weighted by atomic mass is 16.5. The van der Waals surface area contributed by atoms with E-state index in [0.29, 0.717) is 25.1 Å². The molecule has 2 aliphatic rings. The summed E-state index contributed by atoms with van der Waals surface area (Å²) in [5.41, 5.74) is 2.36. The van der Waals surface area contributed by atoms with E-state index in [1.54, 1.807) is 19.0 Å². The third-order valence-electron chi connectivity index (χ3n) is 6.58. The molecule has 11 heteroatoms. The zero-order chi connectivity index (χ0) is 26.2. The van der Waals surface area contributed by atoms with Crippen molar-refractivity contribution in [3.63, 3.8) is 0 Å². The molecule has 2 aliphatic heterocycles. The lowest BCUT2D eigenvalue weighted by molar-refractivity contribution is -0.134. The van der Waals surface area contributed by atoms with E-state index < -0.39 is 0 Å². The van der Waals surface area contributed by atoms with Crippen LogP contribution in [0, 0.1) is 0 Å². The Morgan fingerprint density at radius 3 is 2.56 bits per heavy atom. The van der Waals surface area contributed by atoms with Crippen molar-refractivity contribution in [2.24, 2.45) is 7.05 Å². The highest BCUT2D eigenvalue weighted by Crippen LogP contribution is 2.34. The summed E-state index contributed by atoms with van der Waals surface area (Å²) in [4.78, 5) is 37.6. The molecule has 0 bridgehead atoms. The Morgan fingerprint density at radius 1 is 1.14 bits per heavy atom. The second kappa shape index (κ2) is 12.3. The number of carbonyl (C=O) groups excluding carboxylic acids is 1. The first-order chi connectivity index (χ1) is 17.3. The predicted octanol–water partition coefficient (Wildman–Crippen LogP) is 1.94. The molecule has 2 fully saturated rings. The molecule has 0 unspecified atom stereocenters. The number of carbonyl (C=O) groups is 3. The van der Waals surface area contributed by atoms with E-state index in [2.05, 4.69) is 57.7 Å². The standard InChI is InChI=1S/C23H29N5O2.2CH2O2/c1-25(2)22(29)12-20-14-27-13-18(11-19(27)15-30-20)28-9-7-24-23(28)17-5-4-16-6-8-26(3)21(16)10-17;2*2-1-3/h4-10,18-20H,11-15H2,1-3H3;2*1H,(H,2,3)/t18-,19+,20+;;/m1../s1. The summed E-state index contributed by atoms with van der Waals surface area (Å²) in [7, 11) is 5.67. The lowest BCUT2D eigenvalue weighted by Crippen LogP contribution is -2.47. The Labute approximate surface area is 209 Å². The fourth-order valence-electron chi connectivity index (χ4n) is 4.85. The molecule has 1 aromatic carbocycles. The van der Waals surface area contributed by atoms with Crippen LogP contribution in [0.4, 0.5) is 0 Å². The van der Waals surface area contributed by atoms with E-state index in [1.807, 2.05) is 6.20 Å². The fourth-order valence-corrected chi connectivity index (χ4v) is 4.85. The fraction of sp³-hybridized carbons (Fsp3) is 0.440. The Bertz CT molecular complexity index is 1170. The number of carboxylic acid groups (broad SMARTS) is 2. The van der Waals surface area contributed by atoms with Gasteiger partial charge in [-0.05, 0) is 23.9 Å². The van der Waals surface area contributed by atoms with Crippen LogP contribution in [0.2, 0.25) is 0 Å². The highest BCUT2D eigenvalue weighted by molar-refractivity contribution is 5.84. The Morgan fingerprint density at radius 2 is 1.86 bits per heavy atom. The average Bonchev–Trinajstić information content (AvgIpc) is 3.58. The maximum absolute atomic E-state index is 12.1. The van der Waals surface area contributed by atoms with Crippen molar-refractivity contribution in [1.29, 1.82) is 0 Å². The van der Waals surface area contributed by atoms with Crippen molar-refractivity contribution in [3.8, 4) is 11.4 Å². The summed E-state index contributed by atoms with van der Waals surface area (Å²) in [6, 6.07) is 9.47. The molecule has 3 aromatic rings. The number of imidazole rings is 1. The first kappa shape index (κ1) is 26.9. The topological polar surface area (TPSA) is 130 Å². The first-order valence-corrected chi connectivity index (χ1v) is 11.6. The number of ether oxygens (including phenoxy) is 1. The molecule has 2 N–H and O–H groups in total. The largest absolute Gasteiger partial charge is 0.483 e. The van der Waals surface area contributed by atoms with Crippen LogP contribution in [0.15, 0.2) is 42.9 Å². The summed E-state index contributed by atoms with van der Waals surface area (Å²) in [6.07, 6.45) is 7.57. The quantitative estimate of drug-likeness (QED) is 0.521. The van der Waals surface area contributed by atoms with Crippen LogP contribution in [-0.4, -0.2) is 98.9 Å². The van der Waals surface area contributed by atoms with Crippen LogP contribution in [0.1, 0.15) is 18.9 Å². The van der Waals surface area contributed by atoms with Gasteiger partial charge in [-0.15, -0.1) is 0 Å². The molecule has 0 radical (unpaired) electrons. The monoisotopic (exact) mass is 499 g/mol. The molecule has 3 atom stereocenters. The number of amides is 1. The van der Waals surface area contributed by atoms with Gasteiger partial charge in [0.05, 0.1) is 19.1 Å². The number of rotatable bonds is 4. The van der Waals surface area contributed by atoms with Crippen LogP contribution in [-0.2, 0) is 26.2 Å². The smallest absolute Gasteiger partial charge is 0.290 e. The van der Waals surface area contributed by atoms with E-state index >= 15 is 0 Å². The number of benzene rings is 1. The molecule has 0 spiro atoms. The van der Waals surface area contributed by atoms with Gasteiger partial charge in [0.1, 0.15) is 5.82 Å². The zero-order valence-corrected chi connectivity index (χ0v) is 20.7. The molecule has 0 aliphatic carbocycles. The van der Waals surface area contributed by atoms with Crippen molar-refractivity contribution in [3.05, 3.63) is 42.9 Å². The van der Waals surface area contributed by atoms with E-state index in [0.717, 1.165) is 30.9 Å². The first-order valence-electron chi connectivity index (χ1n) is 11.6. The van der Waals surface area contributed by atoms with Crippen molar-refractivity contribution >= 4 is 29.8 Å². The van der Waals surface area contributed by atoms with Gasteiger partial charge >= 0.3 is 0 Å². The van der Waals surface area contributed by atoms with Gasteiger partial charge in [-0.3, -0.25) is 19.3 Å². The number of morpholine rings is 1. The van der Waals surface area contributed by atoms with Gasteiger partial charge in [0.25, 0.3) is 12.9 Å². The van der Waals surface area contributed by atoms with E-state index in [4.69, 9.17) is 29.5 Å². The average molecular weight is 500 g/mol. The number of fused-ring (bicyclic) bond motifs is 2. The molecule has 2 aromatic heterocycles. The molecule has 1 amide bonds. The van der Waals surface area contributed by atoms with Crippen molar-refractivity contribution in [2.75, 3.05) is 33.8 Å². The lowest BCUT2D eigenvalue weighted by atomic mass is 10.1. The van der Waals surface area contributed by atoms with Gasteiger partial charge in [-0.2, -0.15) is 0 Å². The Balaban J connectivity index is 0.000000550. The molecule has 11 nitrogen and oxygen atoms in total. The normalized spacial score (nSPS) is 20.9. The third kappa shape index (κ3) is 6.10. The van der Waals surface area contributed by atoms with Crippen molar-refractivity contribution < 1.29 is 29.3 Å². The van der Waals surface area contributed by atoms with Crippen LogP contribution in [0.5, 0.6) is 0 Å². The zero-order valence-electron chi connectivity index (χ0n) is 20.7. The van der Waals surface area contributed by atoms with E-state index in [-0.39, 0.29) is 25.0 Å². The summed E-state index contributed by atoms with van der Waals surface area (Å²) in [6.45, 7) is 1.98. The second-order valence-corrected chi connectivity index (χ2v) is 9.01. The Hall–Kier alpha value is -3.70. The summed E-state index contributed by atoms with van der Waals surface area (Å²) < 4.78 is 10.5. The van der Waals surface area contributed by atoms with Crippen LogP contribution in [0.3, 0.4) is 0 Å². The maximum atomic E-state index is 12.1. The molecule has 4 heterocycles. The van der Waals surface area contributed by atoms with Crippen molar-refractivity contribution in [1.82, 2.24) is 23.9 Å². The second-order valence-electron chi connectivity index (χ2n) is 9.01. The molecule has 2 saturated heterocycles. The van der Waals surface area contributed by atoms with Gasteiger partial charge < -0.3 is 29.0 Å². The summed E-state index contributed by atoms with van der Waals surface area (Å²) in [5.74, 6) is 1.14. The molecular weight excluding hydrogens is 466 g/mol. The molecule has 5 rings (SSSR count). The molecular formula is C25H33N5O6. The number of aryl methyl sites for hydroxylation is 1. The highest BCUT2D eigenvalue weighted by Gasteiger charge is 2.39. The minimum Gasteiger partial charge on any atom is -0.483 e. The van der Waals surface area contributed by atoms with Crippen molar-refractivity contribution in [2.45, 2.75) is 31.0 Å². The summed E-state index contributed by atoms with van der Waals surface area (Å²) >= 11 is 0. The van der Waals surface area contributed by atoms with Gasteiger partial charge in [0, 0.05) is 76.0 Å². The Kier molecular flexibility index (Phi) is 9.20.